The fraction of sp³-hybridized carbons (Fsp3) is 0.211. The van der Waals surface area contributed by atoms with Crippen LogP contribution in [0.15, 0.2) is 59.8 Å². The first-order chi connectivity index (χ1) is 12.3. The fourth-order valence-electron chi connectivity index (χ4n) is 2.42. The first-order valence-electron chi connectivity index (χ1n) is 8.11. The van der Waals surface area contributed by atoms with Crippen LogP contribution in [0.5, 0.6) is 5.75 Å². The number of carbonyl (C=O) groups is 1. The van der Waals surface area contributed by atoms with Crippen molar-refractivity contribution in [1.29, 1.82) is 0 Å². The van der Waals surface area contributed by atoms with Crippen LogP contribution in [0.1, 0.15) is 17.3 Å². The lowest BCUT2D eigenvalue weighted by molar-refractivity contribution is 0.112. The van der Waals surface area contributed by atoms with Gasteiger partial charge < -0.3 is 9.30 Å². The van der Waals surface area contributed by atoms with Gasteiger partial charge in [-0.25, -0.2) is 0 Å². The zero-order chi connectivity index (χ0) is 17.5. The molecule has 0 aliphatic heterocycles. The Kier molecular flexibility index (Phi) is 5.85. The molecule has 1 aromatic heterocycles. The zero-order valence-corrected chi connectivity index (χ0v) is 14.8. The summed E-state index contributed by atoms with van der Waals surface area (Å²) in [5, 5.41) is 9.53. The third-order valence-electron chi connectivity index (χ3n) is 3.66. The largest absolute Gasteiger partial charge is 0.493 e. The first kappa shape index (κ1) is 17.2. The van der Waals surface area contributed by atoms with Gasteiger partial charge in [0.2, 0.25) is 0 Å². The number of hydrogen-bond donors (Lipinski definition) is 0. The lowest BCUT2D eigenvalue weighted by Gasteiger charge is -2.08. The molecule has 128 valence electrons. The van der Waals surface area contributed by atoms with Crippen molar-refractivity contribution < 1.29 is 9.53 Å². The number of nitrogens with zero attached hydrogens (tertiary/aromatic N) is 3. The molecular formula is C19H19N3O2S. The van der Waals surface area contributed by atoms with Crippen molar-refractivity contribution in [3.8, 4) is 17.1 Å². The molecule has 25 heavy (non-hydrogen) atoms. The Morgan fingerprint density at radius 2 is 1.84 bits per heavy atom. The van der Waals surface area contributed by atoms with Crippen molar-refractivity contribution in [2.75, 3.05) is 12.4 Å². The van der Waals surface area contributed by atoms with Crippen molar-refractivity contribution in [1.82, 2.24) is 14.8 Å². The van der Waals surface area contributed by atoms with E-state index >= 15 is 0 Å². The summed E-state index contributed by atoms with van der Waals surface area (Å²) < 4.78 is 7.81. The Hall–Kier alpha value is -2.60. The quantitative estimate of drug-likeness (QED) is 0.349. The van der Waals surface area contributed by atoms with E-state index in [0.717, 1.165) is 40.9 Å². The molecule has 0 radical (unpaired) electrons. The van der Waals surface area contributed by atoms with Gasteiger partial charge in [0.15, 0.2) is 11.0 Å². The summed E-state index contributed by atoms with van der Waals surface area (Å²) in [7, 11) is 0. The number of hydrogen-bond acceptors (Lipinski definition) is 5. The molecule has 0 amide bonds. The molecule has 0 spiro atoms. The molecule has 0 unspecified atom stereocenters. The minimum Gasteiger partial charge on any atom is -0.493 e. The SMILES string of the molecule is CCn1c(SCCOc2ccc(C=O)cc2)nnc1-c1ccccc1. The van der Waals surface area contributed by atoms with E-state index in [1.54, 1.807) is 36.0 Å². The Balaban J connectivity index is 1.58. The summed E-state index contributed by atoms with van der Waals surface area (Å²) in [4.78, 5) is 10.6. The van der Waals surface area contributed by atoms with Crippen LogP contribution in [0.4, 0.5) is 0 Å². The molecule has 1 heterocycles. The van der Waals surface area contributed by atoms with E-state index in [4.69, 9.17) is 4.74 Å². The fourth-order valence-corrected chi connectivity index (χ4v) is 3.24. The van der Waals surface area contributed by atoms with Crippen LogP contribution in [0, 0.1) is 0 Å². The highest BCUT2D eigenvalue weighted by Crippen LogP contribution is 2.23. The topological polar surface area (TPSA) is 57.0 Å². The molecule has 3 rings (SSSR count). The number of aromatic nitrogens is 3. The highest BCUT2D eigenvalue weighted by atomic mass is 32.2. The first-order valence-corrected chi connectivity index (χ1v) is 9.10. The van der Waals surface area contributed by atoms with Gasteiger partial charge in [0, 0.05) is 23.4 Å². The van der Waals surface area contributed by atoms with Crippen LogP contribution in [0.2, 0.25) is 0 Å². The highest BCUT2D eigenvalue weighted by molar-refractivity contribution is 7.99. The number of thioether (sulfide) groups is 1. The monoisotopic (exact) mass is 353 g/mol. The Morgan fingerprint density at radius 3 is 2.52 bits per heavy atom. The maximum atomic E-state index is 10.6. The van der Waals surface area contributed by atoms with Crippen molar-refractivity contribution in [2.24, 2.45) is 0 Å². The van der Waals surface area contributed by atoms with E-state index in [-0.39, 0.29) is 0 Å². The maximum absolute atomic E-state index is 10.6. The van der Waals surface area contributed by atoms with E-state index in [2.05, 4.69) is 21.7 Å². The summed E-state index contributed by atoms with van der Waals surface area (Å²) in [5.41, 5.74) is 1.71. The lowest BCUT2D eigenvalue weighted by atomic mass is 10.2. The van der Waals surface area contributed by atoms with Gasteiger partial charge in [0.05, 0.1) is 6.61 Å². The van der Waals surface area contributed by atoms with Gasteiger partial charge in [-0.15, -0.1) is 10.2 Å². The van der Waals surface area contributed by atoms with Crippen LogP contribution >= 0.6 is 11.8 Å². The summed E-state index contributed by atoms with van der Waals surface area (Å²) in [6.45, 7) is 3.46. The number of benzene rings is 2. The molecule has 0 saturated heterocycles. The molecule has 3 aromatic rings. The second-order valence-electron chi connectivity index (χ2n) is 5.30. The second kappa shape index (κ2) is 8.48. The van der Waals surface area contributed by atoms with E-state index in [0.29, 0.717) is 12.2 Å². The lowest BCUT2D eigenvalue weighted by Crippen LogP contribution is -2.03. The predicted octanol–water partition coefficient (Wildman–Crippen LogP) is 3.95. The summed E-state index contributed by atoms with van der Waals surface area (Å²) in [6.07, 6.45) is 0.821. The van der Waals surface area contributed by atoms with Gasteiger partial charge >= 0.3 is 0 Å². The van der Waals surface area contributed by atoms with Gasteiger partial charge in [-0.2, -0.15) is 0 Å². The van der Waals surface area contributed by atoms with Crippen LogP contribution < -0.4 is 4.74 Å². The van der Waals surface area contributed by atoms with Crippen LogP contribution in [-0.4, -0.2) is 33.4 Å². The number of ether oxygens (including phenoxy) is 1. The normalized spacial score (nSPS) is 10.6. The van der Waals surface area contributed by atoms with Gasteiger partial charge in [0.1, 0.15) is 12.0 Å². The van der Waals surface area contributed by atoms with E-state index in [9.17, 15) is 4.79 Å². The summed E-state index contributed by atoms with van der Waals surface area (Å²) >= 11 is 1.62. The van der Waals surface area contributed by atoms with Crippen molar-refractivity contribution in [3.05, 3.63) is 60.2 Å². The molecule has 0 aliphatic rings. The van der Waals surface area contributed by atoms with E-state index < -0.39 is 0 Å². The molecule has 0 bridgehead atoms. The smallest absolute Gasteiger partial charge is 0.191 e. The Bertz CT molecular complexity index is 816. The summed E-state index contributed by atoms with van der Waals surface area (Å²) in [6, 6.07) is 17.2. The molecule has 0 saturated carbocycles. The molecule has 5 nitrogen and oxygen atoms in total. The van der Waals surface area contributed by atoms with Gasteiger partial charge in [-0.1, -0.05) is 42.1 Å². The maximum Gasteiger partial charge on any atom is 0.191 e. The number of aldehydes is 1. The van der Waals surface area contributed by atoms with E-state index in [1.807, 2.05) is 30.3 Å². The van der Waals surface area contributed by atoms with Crippen LogP contribution in [-0.2, 0) is 6.54 Å². The molecule has 0 aliphatic carbocycles. The number of carbonyl (C=O) groups excluding carboxylic acids is 1. The van der Waals surface area contributed by atoms with Crippen molar-refractivity contribution in [2.45, 2.75) is 18.6 Å². The van der Waals surface area contributed by atoms with Crippen molar-refractivity contribution in [3.63, 3.8) is 0 Å². The second-order valence-corrected chi connectivity index (χ2v) is 6.36. The van der Waals surface area contributed by atoms with Crippen molar-refractivity contribution >= 4 is 18.0 Å². The molecule has 0 N–H and O–H groups in total. The molecule has 6 heteroatoms. The van der Waals surface area contributed by atoms with E-state index in [1.165, 1.54) is 0 Å². The zero-order valence-electron chi connectivity index (χ0n) is 14.0. The summed E-state index contributed by atoms with van der Waals surface area (Å²) in [5.74, 6) is 2.41. The predicted molar refractivity (Wildman–Crippen MR) is 99.2 cm³/mol. The van der Waals surface area contributed by atoms with Crippen LogP contribution in [0.3, 0.4) is 0 Å². The Morgan fingerprint density at radius 1 is 1.08 bits per heavy atom. The number of rotatable bonds is 8. The highest BCUT2D eigenvalue weighted by Gasteiger charge is 2.12. The third-order valence-corrected chi connectivity index (χ3v) is 4.60. The minimum atomic E-state index is 0.558. The third kappa shape index (κ3) is 4.28. The average molecular weight is 353 g/mol. The molecular weight excluding hydrogens is 334 g/mol. The van der Waals surface area contributed by atoms with Gasteiger partial charge in [-0.3, -0.25) is 4.79 Å². The van der Waals surface area contributed by atoms with Crippen LogP contribution in [0.25, 0.3) is 11.4 Å². The standard InChI is InChI=1S/C19H19N3O2S/c1-2-22-18(16-6-4-3-5-7-16)20-21-19(22)25-13-12-24-17-10-8-15(14-23)9-11-17/h3-11,14H,2,12-13H2,1H3. The van der Waals surface area contributed by atoms with Gasteiger partial charge in [0.25, 0.3) is 0 Å². The van der Waals surface area contributed by atoms with Gasteiger partial charge in [-0.05, 0) is 31.2 Å². The Labute approximate surface area is 151 Å². The molecule has 0 atom stereocenters. The minimum absolute atomic E-state index is 0.558. The average Bonchev–Trinajstić information content (AvgIpc) is 3.09. The molecule has 0 fully saturated rings. The molecule has 2 aromatic carbocycles.